The Hall–Kier alpha value is -3.88. The molecule has 5 rings (SSSR count). The number of amides is 2. The fraction of sp³-hybridized carbons (Fsp3) is 0. The number of anilines is 1. The highest BCUT2D eigenvalue weighted by atomic mass is 32.2. The van der Waals surface area contributed by atoms with E-state index in [9.17, 15) is 22.6 Å². The fourth-order valence-electron chi connectivity index (χ4n) is 3.40. The molecule has 0 bridgehead atoms. The van der Waals surface area contributed by atoms with Gasteiger partial charge in [0.1, 0.15) is 4.90 Å². The summed E-state index contributed by atoms with van der Waals surface area (Å²) in [4.78, 5) is 29.9. The molecule has 3 aromatic carbocycles. The van der Waals surface area contributed by atoms with Crippen LogP contribution in [0.5, 0.6) is 0 Å². The number of hydrogen-bond acceptors (Lipinski definition) is 5. The van der Waals surface area contributed by atoms with E-state index in [-0.39, 0.29) is 16.0 Å². The molecule has 0 saturated heterocycles. The summed E-state index contributed by atoms with van der Waals surface area (Å²) in [5.74, 6) is -0.935. The van der Waals surface area contributed by atoms with Crippen LogP contribution in [-0.2, 0) is 10.1 Å². The normalized spacial score (nSPS) is 13.0. The van der Waals surface area contributed by atoms with Crippen LogP contribution in [0.3, 0.4) is 0 Å². The number of pyridine rings is 1. The van der Waals surface area contributed by atoms with Crippen LogP contribution < -0.4 is 4.90 Å². The molecule has 8 heteroatoms. The van der Waals surface area contributed by atoms with Gasteiger partial charge in [-0.3, -0.25) is 19.1 Å². The van der Waals surface area contributed by atoms with Crippen molar-refractivity contribution in [1.82, 2.24) is 4.98 Å². The van der Waals surface area contributed by atoms with E-state index in [0.717, 1.165) is 4.90 Å². The van der Waals surface area contributed by atoms with Crippen LogP contribution in [0.2, 0.25) is 0 Å². The van der Waals surface area contributed by atoms with Gasteiger partial charge >= 0.3 is 0 Å². The summed E-state index contributed by atoms with van der Waals surface area (Å²) in [5.41, 5.74) is 0.875. The van der Waals surface area contributed by atoms with Crippen molar-refractivity contribution in [3.63, 3.8) is 0 Å². The molecule has 154 valence electrons. The van der Waals surface area contributed by atoms with Crippen LogP contribution in [-0.4, -0.2) is 29.8 Å². The fourth-order valence-corrected chi connectivity index (χ4v) is 4.09. The van der Waals surface area contributed by atoms with Gasteiger partial charge in [0.2, 0.25) is 0 Å². The van der Waals surface area contributed by atoms with E-state index in [1.54, 1.807) is 54.9 Å². The third kappa shape index (κ3) is 3.81. The molecule has 0 unspecified atom stereocenters. The van der Waals surface area contributed by atoms with Gasteiger partial charge in [-0.05, 0) is 36.4 Å². The Kier molecular flexibility index (Phi) is 5.33. The van der Waals surface area contributed by atoms with Crippen molar-refractivity contribution in [2.24, 2.45) is 0 Å². The van der Waals surface area contributed by atoms with Gasteiger partial charge in [-0.25, -0.2) is 4.90 Å². The van der Waals surface area contributed by atoms with Crippen LogP contribution in [0.25, 0.3) is 10.8 Å². The lowest BCUT2D eigenvalue weighted by Crippen LogP contribution is -2.29. The second-order valence-corrected chi connectivity index (χ2v) is 8.01. The van der Waals surface area contributed by atoms with Gasteiger partial charge in [-0.2, -0.15) is 8.42 Å². The standard InChI is InChI=1S/C18H11NO5S.C5H5N/c20-17-13-7-3-4-8-14(13)18(21)19(17)15-9-10-16(25(22,23)24)12-6-2-1-5-11(12)15;1-2-4-6-5-3-1/h1-10H,(H,22,23,24);1-5H. The number of aromatic nitrogens is 1. The first-order valence-corrected chi connectivity index (χ1v) is 10.7. The van der Waals surface area contributed by atoms with Gasteiger partial charge in [0.05, 0.1) is 16.8 Å². The summed E-state index contributed by atoms with van der Waals surface area (Å²) in [6, 6.07) is 21.1. The van der Waals surface area contributed by atoms with Crippen LogP contribution in [0.1, 0.15) is 20.7 Å². The van der Waals surface area contributed by atoms with Gasteiger partial charge in [-0.1, -0.05) is 42.5 Å². The minimum atomic E-state index is -4.44. The molecule has 1 aliphatic heterocycles. The molecule has 7 nitrogen and oxygen atoms in total. The van der Waals surface area contributed by atoms with Crippen LogP contribution in [0, 0.1) is 0 Å². The average Bonchev–Trinajstić information content (AvgIpc) is 3.04. The number of hydrogen-bond donors (Lipinski definition) is 1. The van der Waals surface area contributed by atoms with Crippen molar-refractivity contribution in [3.05, 3.63) is 102 Å². The highest BCUT2D eigenvalue weighted by molar-refractivity contribution is 7.86. The van der Waals surface area contributed by atoms with Crippen LogP contribution >= 0.6 is 0 Å². The molecule has 2 amide bonds. The Morgan fingerprint density at radius 1 is 0.677 bits per heavy atom. The van der Waals surface area contributed by atoms with Crippen LogP contribution in [0.15, 0.2) is 96.2 Å². The molecule has 1 aromatic heterocycles. The zero-order valence-electron chi connectivity index (χ0n) is 16.0. The quantitative estimate of drug-likeness (QED) is 0.380. The minimum absolute atomic E-state index is 0.235. The predicted molar refractivity (Wildman–Crippen MR) is 116 cm³/mol. The molecule has 0 aliphatic carbocycles. The first-order chi connectivity index (χ1) is 14.9. The summed E-state index contributed by atoms with van der Waals surface area (Å²) >= 11 is 0. The van der Waals surface area contributed by atoms with E-state index in [0.29, 0.717) is 16.5 Å². The number of nitrogens with zero attached hydrogens (tertiary/aromatic N) is 2. The van der Waals surface area contributed by atoms with E-state index in [1.807, 2.05) is 18.2 Å². The van der Waals surface area contributed by atoms with E-state index in [4.69, 9.17) is 0 Å². The molecule has 4 aromatic rings. The Labute approximate surface area is 178 Å². The SMILES string of the molecule is O=C1c2ccccc2C(=O)N1c1ccc(S(=O)(=O)O)c2ccccc12.c1ccncc1. The van der Waals surface area contributed by atoms with Gasteiger partial charge in [0.15, 0.2) is 0 Å². The van der Waals surface area contributed by atoms with E-state index in [2.05, 4.69) is 4.98 Å². The molecule has 0 atom stereocenters. The van der Waals surface area contributed by atoms with E-state index in [1.165, 1.54) is 18.2 Å². The molecular formula is C23H16N2O5S. The summed E-state index contributed by atoms with van der Waals surface area (Å²) in [5, 5.41) is 0.617. The molecule has 1 N–H and O–H groups in total. The van der Waals surface area contributed by atoms with Crippen molar-refractivity contribution in [2.75, 3.05) is 4.90 Å². The molecule has 1 aliphatic rings. The van der Waals surface area contributed by atoms with Gasteiger partial charge in [-0.15, -0.1) is 0 Å². The first-order valence-electron chi connectivity index (χ1n) is 9.21. The molecule has 0 spiro atoms. The second kappa shape index (κ2) is 8.10. The first kappa shape index (κ1) is 20.4. The maximum Gasteiger partial charge on any atom is 0.295 e. The maximum atomic E-state index is 12.7. The average molecular weight is 432 g/mol. The number of benzene rings is 3. The summed E-state index contributed by atoms with van der Waals surface area (Å²) < 4.78 is 32.6. The Morgan fingerprint density at radius 2 is 1.23 bits per heavy atom. The second-order valence-electron chi connectivity index (χ2n) is 6.62. The summed E-state index contributed by atoms with van der Waals surface area (Å²) in [6.07, 6.45) is 3.50. The predicted octanol–water partition coefficient (Wildman–Crippen LogP) is 3.97. The smallest absolute Gasteiger partial charge is 0.282 e. The Bertz CT molecular complexity index is 1340. The minimum Gasteiger partial charge on any atom is -0.282 e. The Balaban J connectivity index is 0.000000334. The van der Waals surface area contributed by atoms with E-state index < -0.39 is 21.9 Å². The largest absolute Gasteiger partial charge is 0.295 e. The van der Waals surface area contributed by atoms with Crippen molar-refractivity contribution < 1.29 is 22.6 Å². The van der Waals surface area contributed by atoms with Crippen LogP contribution in [0.4, 0.5) is 5.69 Å². The summed E-state index contributed by atoms with van der Waals surface area (Å²) in [7, 11) is -4.44. The number of carbonyl (C=O) groups is 2. The summed E-state index contributed by atoms with van der Waals surface area (Å²) in [6.45, 7) is 0. The molecule has 0 radical (unpaired) electrons. The van der Waals surface area contributed by atoms with E-state index >= 15 is 0 Å². The van der Waals surface area contributed by atoms with Crippen molar-refractivity contribution in [1.29, 1.82) is 0 Å². The highest BCUT2D eigenvalue weighted by Crippen LogP contribution is 2.36. The van der Waals surface area contributed by atoms with Gasteiger partial charge < -0.3 is 0 Å². The monoisotopic (exact) mass is 432 g/mol. The van der Waals surface area contributed by atoms with Crippen molar-refractivity contribution >= 4 is 38.4 Å². The zero-order valence-corrected chi connectivity index (χ0v) is 16.9. The number of imide groups is 1. The topological polar surface area (TPSA) is 105 Å². The zero-order chi connectivity index (χ0) is 22.0. The van der Waals surface area contributed by atoms with Gasteiger partial charge in [0, 0.05) is 23.2 Å². The molecule has 31 heavy (non-hydrogen) atoms. The van der Waals surface area contributed by atoms with Gasteiger partial charge in [0.25, 0.3) is 21.9 Å². The Morgan fingerprint density at radius 3 is 1.71 bits per heavy atom. The molecule has 2 heterocycles. The lowest BCUT2D eigenvalue weighted by molar-refractivity contribution is 0.0926. The number of fused-ring (bicyclic) bond motifs is 2. The third-order valence-electron chi connectivity index (χ3n) is 4.74. The lowest BCUT2D eigenvalue weighted by Gasteiger charge is -2.17. The lowest BCUT2D eigenvalue weighted by atomic mass is 10.1. The molecule has 0 saturated carbocycles. The number of rotatable bonds is 2. The van der Waals surface area contributed by atoms with Crippen molar-refractivity contribution in [2.45, 2.75) is 4.90 Å². The number of carbonyl (C=O) groups excluding carboxylic acids is 2. The third-order valence-corrected chi connectivity index (χ3v) is 5.65. The highest BCUT2D eigenvalue weighted by Gasteiger charge is 2.37. The molecule has 0 fully saturated rings. The molecular weight excluding hydrogens is 416 g/mol. The van der Waals surface area contributed by atoms with Crippen molar-refractivity contribution in [3.8, 4) is 0 Å². The maximum absolute atomic E-state index is 12.7.